The molecule has 7 nitrogen and oxygen atoms in total. The number of rotatable bonds is 7. The van der Waals surface area contributed by atoms with Crippen LogP contribution in [-0.4, -0.2) is 29.6 Å². The fourth-order valence-corrected chi connectivity index (χ4v) is 2.84. The summed E-state index contributed by atoms with van der Waals surface area (Å²) in [6.07, 6.45) is 0.623. The number of benzene rings is 1. The molecule has 2 rings (SSSR count). The minimum Gasteiger partial charge on any atom is -0.483 e. The molecule has 2 aromatic rings. The zero-order valence-corrected chi connectivity index (χ0v) is 16.2. The van der Waals surface area contributed by atoms with Crippen molar-refractivity contribution in [1.82, 2.24) is 5.32 Å². The molecule has 1 heterocycles. The van der Waals surface area contributed by atoms with E-state index in [0.29, 0.717) is 28.7 Å². The second-order valence-corrected chi connectivity index (χ2v) is 6.83. The first-order valence-corrected chi connectivity index (χ1v) is 8.85. The van der Waals surface area contributed by atoms with Gasteiger partial charge in [-0.1, -0.05) is 20.3 Å². The maximum atomic E-state index is 12.2. The number of carboxylic acids is 1. The Morgan fingerprint density at radius 3 is 2.48 bits per heavy atom. The van der Waals surface area contributed by atoms with E-state index < -0.39 is 23.5 Å². The lowest BCUT2D eigenvalue weighted by molar-refractivity contribution is -0.143. The number of aliphatic carboxylic acids is 1. The molecule has 1 aromatic heterocycles. The molecule has 27 heavy (non-hydrogen) atoms. The summed E-state index contributed by atoms with van der Waals surface area (Å²) in [5, 5.41) is 12.4. The average Bonchev–Trinajstić information content (AvgIpc) is 2.61. The monoisotopic (exact) mass is 375 g/mol. The third-order valence-electron chi connectivity index (χ3n) is 4.81. The molecule has 7 heteroatoms. The summed E-state index contributed by atoms with van der Waals surface area (Å²) in [5.41, 5.74) is 1.99. The maximum absolute atomic E-state index is 12.2. The summed E-state index contributed by atoms with van der Waals surface area (Å²) in [6, 6.07) is 2.52. The van der Waals surface area contributed by atoms with Crippen LogP contribution in [0.5, 0.6) is 5.75 Å². The van der Waals surface area contributed by atoms with Gasteiger partial charge in [0, 0.05) is 5.56 Å². The largest absolute Gasteiger partial charge is 0.483 e. The van der Waals surface area contributed by atoms with E-state index in [-0.39, 0.29) is 12.5 Å². The van der Waals surface area contributed by atoms with Crippen LogP contribution >= 0.6 is 0 Å². The van der Waals surface area contributed by atoms with Crippen LogP contribution in [0, 0.1) is 26.7 Å². The molecule has 0 aliphatic rings. The second kappa shape index (κ2) is 8.24. The highest BCUT2D eigenvalue weighted by Crippen LogP contribution is 2.30. The highest BCUT2D eigenvalue weighted by Gasteiger charge is 2.25. The van der Waals surface area contributed by atoms with Gasteiger partial charge in [0.25, 0.3) is 5.91 Å². The van der Waals surface area contributed by atoms with Gasteiger partial charge in [-0.3, -0.25) is 4.79 Å². The standard InChI is InChI=1S/C20H25NO6/c1-6-11(3)18(19(23)24)21-16(22)9-26-14-7-10(2)8-15-17(14)12(4)13(5)20(25)27-15/h7-8,11,18H,6,9H2,1-5H3,(H,21,22)(H,23,24)/t11-,18-/m1/s1. The van der Waals surface area contributed by atoms with Crippen LogP contribution in [0.15, 0.2) is 21.3 Å². The Morgan fingerprint density at radius 2 is 1.89 bits per heavy atom. The topological polar surface area (TPSA) is 106 Å². The van der Waals surface area contributed by atoms with E-state index in [2.05, 4.69) is 5.32 Å². The average molecular weight is 375 g/mol. The zero-order chi connectivity index (χ0) is 20.3. The van der Waals surface area contributed by atoms with Gasteiger partial charge in [-0.15, -0.1) is 0 Å². The molecule has 0 bridgehead atoms. The number of fused-ring (bicyclic) bond motifs is 1. The molecule has 0 radical (unpaired) electrons. The number of carbonyl (C=O) groups is 2. The molecule has 0 unspecified atom stereocenters. The number of hydrogen-bond donors (Lipinski definition) is 2. The quantitative estimate of drug-likeness (QED) is 0.721. The van der Waals surface area contributed by atoms with E-state index in [1.54, 1.807) is 32.9 Å². The van der Waals surface area contributed by atoms with Gasteiger partial charge in [0.15, 0.2) is 6.61 Å². The molecule has 0 aliphatic carbocycles. The fourth-order valence-electron chi connectivity index (χ4n) is 2.84. The van der Waals surface area contributed by atoms with E-state index >= 15 is 0 Å². The summed E-state index contributed by atoms with van der Waals surface area (Å²) in [6.45, 7) is 8.57. The van der Waals surface area contributed by atoms with Crippen molar-refractivity contribution in [3.63, 3.8) is 0 Å². The summed E-state index contributed by atoms with van der Waals surface area (Å²) < 4.78 is 11.0. The molecule has 0 saturated carbocycles. The van der Waals surface area contributed by atoms with Gasteiger partial charge in [-0.25, -0.2) is 9.59 Å². The second-order valence-electron chi connectivity index (χ2n) is 6.83. The number of ether oxygens (including phenoxy) is 1. The lowest BCUT2D eigenvalue weighted by Gasteiger charge is -2.20. The van der Waals surface area contributed by atoms with Crippen molar-refractivity contribution in [2.45, 2.75) is 47.1 Å². The van der Waals surface area contributed by atoms with Crippen LogP contribution < -0.4 is 15.7 Å². The molecule has 0 saturated heterocycles. The Bertz CT molecular complexity index is 930. The predicted octanol–water partition coefficient (Wildman–Crippen LogP) is 2.71. The smallest absolute Gasteiger partial charge is 0.339 e. The molecule has 0 aliphatic heterocycles. The zero-order valence-electron chi connectivity index (χ0n) is 16.2. The molecule has 2 atom stereocenters. The predicted molar refractivity (Wildman–Crippen MR) is 101 cm³/mol. The third kappa shape index (κ3) is 4.48. The van der Waals surface area contributed by atoms with E-state index in [4.69, 9.17) is 9.15 Å². The Balaban J connectivity index is 2.26. The third-order valence-corrected chi connectivity index (χ3v) is 4.81. The van der Waals surface area contributed by atoms with Crippen molar-refractivity contribution >= 4 is 22.8 Å². The molecular formula is C20H25NO6. The van der Waals surface area contributed by atoms with Crippen LogP contribution in [0.4, 0.5) is 0 Å². The van der Waals surface area contributed by atoms with Gasteiger partial charge in [0.2, 0.25) is 0 Å². The van der Waals surface area contributed by atoms with Crippen LogP contribution in [-0.2, 0) is 9.59 Å². The minimum absolute atomic E-state index is 0.203. The number of amides is 1. The lowest BCUT2D eigenvalue weighted by Crippen LogP contribution is -2.46. The highest BCUT2D eigenvalue weighted by molar-refractivity contribution is 5.89. The Kier molecular flexibility index (Phi) is 6.25. The first kappa shape index (κ1) is 20.5. The fraction of sp³-hybridized carbons (Fsp3) is 0.450. The Hall–Kier alpha value is -2.83. The van der Waals surface area contributed by atoms with Crippen molar-refractivity contribution in [2.75, 3.05) is 6.61 Å². The van der Waals surface area contributed by atoms with E-state index in [1.807, 2.05) is 13.8 Å². The molecule has 0 spiro atoms. The highest BCUT2D eigenvalue weighted by atomic mass is 16.5. The SMILES string of the molecule is CC[C@@H](C)[C@@H](NC(=O)COc1cc(C)cc2oc(=O)c(C)c(C)c12)C(=O)O. The van der Waals surface area contributed by atoms with Crippen LogP contribution in [0.25, 0.3) is 11.0 Å². The summed E-state index contributed by atoms with van der Waals surface area (Å²) in [5.74, 6) is -1.39. The number of carboxylic acid groups (broad SMARTS) is 1. The molecule has 0 fully saturated rings. The van der Waals surface area contributed by atoms with Gasteiger partial charge < -0.3 is 19.6 Å². The van der Waals surface area contributed by atoms with E-state index in [9.17, 15) is 19.5 Å². The van der Waals surface area contributed by atoms with Crippen LogP contribution in [0.2, 0.25) is 0 Å². The van der Waals surface area contributed by atoms with Gasteiger partial charge in [-0.05, 0) is 49.9 Å². The Morgan fingerprint density at radius 1 is 1.22 bits per heavy atom. The summed E-state index contributed by atoms with van der Waals surface area (Å²) in [7, 11) is 0. The molecule has 146 valence electrons. The van der Waals surface area contributed by atoms with Crippen molar-refractivity contribution in [3.05, 3.63) is 39.2 Å². The summed E-state index contributed by atoms with van der Waals surface area (Å²) >= 11 is 0. The Labute approximate surface area is 157 Å². The lowest BCUT2D eigenvalue weighted by atomic mass is 9.99. The van der Waals surface area contributed by atoms with E-state index in [1.165, 1.54) is 0 Å². The van der Waals surface area contributed by atoms with Crippen LogP contribution in [0.3, 0.4) is 0 Å². The molecule has 1 aromatic carbocycles. The first-order valence-electron chi connectivity index (χ1n) is 8.85. The number of nitrogens with one attached hydrogen (secondary N) is 1. The minimum atomic E-state index is -1.08. The van der Waals surface area contributed by atoms with Gasteiger partial charge >= 0.3 is 11.6 Å². The van der Waals surface area contributed by atoms with Crippen LogP contribution in [0.1, 0.15) is 37.0 Å². The van der Waals surface area contributed by atoms with Gasteiger partial charge in [-0.2, -0.15) is 0 Å². The van der Waals surface area contributed by atoms with Crippen molar-refractivity contribution < 1.29 is 23.8 Å². The first-order chi connectivity index (χ1) is 12.6. The van der Waals surface area contributed by atoms with E-state index in [0.717, 1.165) is 11.1 Å². The number of aryl methyl sites for hydroxylation is 2. The van der Waals surface area contributed by atoms with Crippen molar-refractivity contribution in [2.24, 2.45) is 5.92 Å². The number of hydrogen-bond acceptors (Lipinski definition) is 5. The number of carbonyl (C=O) groups excluding carboxylic acids is 1. The molecule has 2 N–H and O–H groups in total. The molecule has 1 amide bonds. The maximum Gasteiger partial charge on any atom is 0.339 e. The molecular weight excluding hydrogens is 350 g/mol. The normalized spacial score (nSPS) is 13.2. The van der Waals surface area contributed by atoms with Crippen molar-refractivity contribution in [3.8, 4) is 5.75 Å². The van der Waals surface area contributed by atoms with Gasteiger partial charge in [0.05, 0.1) is 5.39 Å². The summed E-state index contributed by atoms with van der Waals surface area (Å²) in [4.78, 5) is 35.4. The van der Waals surface area contributed by atoms with Crippen molar-refractivity contribution in [1.29, 1.82) is 0 Å². The van der Waals surface area contributed by atoms with Gasteiger partial charge in [0.1, 0.15) is 17.4 Å².